The van der Waals surface area contributed by atoms with Crippen molar-refractivity contribution in [2.75, 3.05) is 6.26 Å². The largest absolute Gasteiger partial charge is 0.224 e. The molecule has 0 amide bonds. The summed E-state index contributed by atoms with van der Waals surface area (Å²) in [5, 5.41) is 0. The first-order valence-corrected chi connectivity index (χ1v) is 6.72. The Morgan fingerprint density at radius 2 is 2.00 bits per heavy atom. The Morgan fingerprint density at radius 3 is 2.57 bits per heavy atom. The molecule has 0 bridgehead atoms. The van der Waals surface area contributed by atoms with Gasteiger partial charge in [0.15, 0.2) is 9.84 Å². The molecule has 0 atom stereocenters. The molecule has 2 nitrogen and oxygen atoms in total. The van der Waals surface area contributed by atoms with E-state index in [0.29, 0.717) is 4.90 Å². The third-order valence-corrected chi connectivity index (χ3v) is 3.26. The summed E-state index contributed by atoms with van der Waals surface area (Å²) in [6, 6.07) is 7.20. The summed E-state index contributed by atoms with van der Waals surface area (Å²) in [7, 11) is -3.05. The zero-order valence-corrected chi connectivity index (χ0v) is 9.47. The molecule has 0 N–H and O–H groups in total. The van der Waals surface area contributed by atoms with Crippen LogP contribution in [0.3, 0.4) is 0 Å². The molecule has 0 saturated heterocycles. The van der Waals surface area contributed by atoms with Crippen molar-refractivity contribution in [3.05, 3.63) is 29.8 Å². The molecule has 0 aromatic heterocycles. The van der Waals surface area contributed by atoms with E-state index < -0.39 is 9.84 Å². The zero-order valence-electron chi connectivity index (χ0n) is 8.66. The van der Waals surface area contributed by atoms with Gasteiger partial charge in [-0.05, 0) is 30.5 Å². The van der Waals surface area contributed by atoms with Crippen LogP contribution in [-0.2, 0) is 16.3 Å². The van der Waals surface area contributed by atoms with Gasteiger partial charge in [0.05, 0.1) is 4.90 Å². The van der Waals surface area contributed by atoms with Gasteiger partial charge in [0.25, 0.3) is 0 Å². The molecular formula is C11H16O2S. The fraction of sp³-hybridized carbons (Fsp3) is 0.455. The monoisotopic (exact) mass is 212 g/mol. The lowest BCUT2D eigenvalue weighted by Gasteiger charge is -2.02. The van der Waals surface area contributed by atoms with Crippen molar-refractivity contribution in [1.82, 2.24) is 0 Å². The average Bonchev–Trinajstić information content (AvgIpc) is 2.14. The van der Waals surface area contributed by atoms with Gasteiger partial charge < -0.3 is 0 Å². The maximum Gasteiger partial charge on any atom is 0.175 e. The molecule has 0 aliphatic heterocycles. The molecule has 0 aliphatic carbocycles. The van der Waals surface area contributed by atoms with E-state index in [9.17, 15) is 8.42 Å². The van der Waals surface area contributed by atoms with Crippen LogP contribution in [0.1, 0.15) is 25.3 Å². The molecule has 0 fully saturated rings. The Morgan fingerprint density at radius 1 is 1.29 bits per heavy atom. The van der Waals surface area contributed by atoms with E-state index in [2.05, 4.69) is 6.92 Å². The standard InChI is InChI=1S/C11H16O2S/c1-3-4-6-10-7-5-8-11(9-10)14(2,12)13/h5,7-9H,3-4,6H2,1-2H3. The average molecular weight is 212 g/mol. The minimum absolute atomic E-state index is 0.422. The highest BCUT2D eigenvalue weighted by molar-refractivity contribution is 7.90. The number of aryl methyl sites for hydroxylation is 1. The number of unbranched alkanes of at least 4 members (excludes halogenated alkanes) is 1. The van der Waals surface area contributed by atoms with Gasteiger partial charge in [-0.3, -0.25) is 0 Å². The maximum absolute atomic E-state index is 11.3. The molecular weight excluding hydrogens is 196 g/mol. The van der Waals surface area contributed by atoms with Crippen LogP contribution in [0.2, 0.25) is 0 Å². The van der Waals surface area contributed by atoms with Crippen molar-refractivity contribution >= 4 is 9.84 Å². The van der Waals surface area contributed by atoms with Crippen LogP contribution in [0.25, 0.3) is 0 Å². The molecule has 3 heteroatoms. The second-order valence-electron chi connectivity index (χ2n) is 3.52. The van der Waals surface area contributed by atoms with E-state index in [1.54, 1.807) is 18.2 Å². The highest BCUT2D eigenvalue weighted by atomic mass is 32.2. The third kappa shape index (κ3) is 3.14. The van der Waals surface area contributed by atoms with E-state index in [0.717, 1.165) is 24.8 Å². The number of rotatable bonds is 4. The van der Waals surface area contributed by atoms with Gasteiger partial charge in [-0.15, -0.1) is 0 Å². The first-order valence-electron chi connectivity index (χ1n) is 4.83. The molecule has 0 unspecified atom stereocenters. The van der Waals surface area contributed by atoms with Gasteiger partial charge in [0.1, 0.15) is 0 Å². The number of hydrogen-bond donors (Lipinski definition) is 0. The summed E-state index contributed by atoms with van der Waals surface area (Å²) < 4.78 is 22.5. The SMILES string of the molecule is CCCCc1cccc(S(C)(=O)=O)c1. The summed E-state index contributed by atoms with van der Waals surface area (Å²) in [4.78, 5) is 0.422. The van der Waals surface area contributed by atoms with Crippen molar-refractivity contribution in [2.45, 2.75) is 31.1 Å². The Hall–Kier alpha value is -0.830. The van der Waals surface area contributed by atoms with Crippen molar-refractivity contribution in [3.8, 4) is 0 Å². The summed E-state index contributed by atoms with van der Waals surface area (Å²) >= 11 is 0. The maximum atomic E-state index is 11.3. The topological polar surface area (TPSA) is 34.1 Å². The quantitative estimate of drug-likeness (QED) is 0.768. The van der Waals surface area contributed by atoms with Crippen molar-refractivity contribution in [3.63, 3.8) is 0 Å². The van der Waals surface area contributed by atoms with Gasteiger partial charge in [-0.25, -0.2) is 8.42 Å². The van der Waals surface area contributed by atoms with Gasteiger partial charge in [0.2, 0.25) is 0 Å². The first-order chi connectivity index (χ1) is 6.54. The lowest BCUT2D eigenvalue weighted by atomic mass is 10.1. The lowest BCUT2D eigenvalue weighted by Crippen LogP contribution is -1.97. The predicted molar refractivity (Wildman–Crippen MR) is 58.2 cm³/mol. The van der Waals surface area contributed by atoms with E-state index in [4.69, 9.17) is 0 Å². The van der Waals surface area contributed by atoms with Crippen molar-refractivity contribution < 1.29 is 8.42 Å². The first kappa shape index (κ1) is 11.2. The molecule has 78 valence electrons. The molecule has 0 radical (unpaired) electrons. The number of sulfone groups is 1. The van der Waals surface area contributed by atoms with Crippen LogP contribution >= 0.6 is 0 Å². The van der Waals surface area contributed by atoms with Crippen molar-refractivity contribution in [1.29, 1.82) is 0 Å². The normalized spacial score (nSPS) is 11.6. The van der Waals surface area contributed by atoms with Crippen molar-refractivity contribution in [2.24, 2.45) is 0 Å². The predicted octanol–water partition coefficient (Wildman–Crippen LogP) is 2.43. The molecule has 0 heterocycles. The minimum atomic E-state index is -3.05. The fourth-order valence-electron chi connectivity index (χ4n) is 1.31. The van der Waals surface area contributed by atoms with Crippen LogP contribution in [0.15, 0.2) is 29.2 Å². The van der Waals surface area contributed by atoms with Crippen LogP contribution in [0, 0.1) is 0 Å². The Kier molecular flexibility index (Phi) is 3.69. The summed E-state index contributed by atoms with van der Waals surface area (Å²) in [6.45, 7) is 2.13. The molecule has 0 spiro atoms. The molecule has 1 aromatic rings. The smallest absolute Gasteiger partial charge is 0.175 e. The second kappa shape index (κ2) is 4.60. The van der Waals surface area contributed by atoms with Crippen LogP contribution in [0.5, 0.6) is 0 Å². The van der Waals surface area contributed by atoms with E-state index in [-0.39, 0.29) is 0 Å². The number of benzene rings is 1. The zero-order chi connectivity index (χ0) is 10.6. The van der Waals surface area contributed by atoms with E-state index >= 15 is 0 Å². The van der Waals surface area contributed by atoms with E-state index in [1.165, 1.54) is 6.26 Å². The van der Waals surface area contributed by atoms with E-state index in [1.807, 2.05) is 6.07 Å². The molecule has 14 heavy (non-hydrogen) atoms. The fourth-order valence-corrected chi connectivity index (χ4v) is 2.00. The van der Waals surface area contributed by atoms with Gasteiger partial charge in [0, 0.05) is 6.26 Å². The third-order valence-electron chi connectivity index (χ3n) is 2.15. The minimum Gasteiger partial charge on any atom is -0.224 e. The van der Waals surface area contributed by atoms with Gasteiger partial charge >= 0.3 is 0 Å². The highest BCUT2D eigenvalue weighted by Gasteiger charge is 2.06. The van der Waals surface area contributed by atoms with Crippen LogP contribution < -0.4 is 0 Å². The summed E-state index contributed by atoms with van der Waals surface area (Å²) in [5.41, 5.74) is 1.11. The highest BCUT2D eigenvalue weighted by Crippen LogP contribution is 2.13. The molecule has 0 saturated carbocycles. The summed E-state index contributed by atoms with van der Waals surface area (Å²) in [5.74, 6) is 0. The number of hydrogen-bond acceptors (Lipinski definition) is 2. The Balaban J connectivity index is 2.90. The van der Waals surface area contributed by atoms with Gasteiger partial charge in [-0.1, -0.05) is 25.5 Å². The Bertz CT molecular complexity index is 394. The lowest BCUT2D eigenvalue weighted by molar-refractivity contribution is 0.601. The summed E-state index contributed by atoms with van der Waals surface area (Å²) in [6.07, 6.45) is 4.43. The second-order valence-corrected chi connectivity index (χ2v) is 5.54. The van der Waals surface area contributed by atoms with Crippen LogP contribution in [0.4, 0.5) is 0 Å². The van der Waals surface area contributed by atoms with Gasteiger partial charge in [-0.2, -0.15) is 0 Å². The molecule has 1 aromatic carbocycles. The van der Waals surface area contributed by atoms with Crippen LogP contribution in [-0.4, -0.2) is 14.7 Å². The molecule has 1 rings (SSSR count). The molecule has 0 aliphatic rings. The Labute approximate surface area is 85.9 Å².